The Morgan fingerprint density at radius 1 is 1.04 bits per heavy atom. The number of hydrogen-bond donors (Lipinski definition) is 0. The van der Waals surface area contributed by atoms with Gasteiger partial charge in [0.05, 0.1) is 17.2 Å². The minimum Gasteiger partial charge on any atom is -0.423 e. The zero-order valence-corrected chi connectivity index (χ0v) is 15.4. The highest BCUT2D eigenvalue weighted by Crippen LogP contribution is 2.23. The van der Waals surface area contributed by atoms with E-state index < -0.39 is 5.97 Å². The molecule has 3 aromatic rings. The molecular weight excluding hydrogens is 358 g/mol. The normalized spacial score (nSPS) is 10.9. The molecule has 0 aliphatic heterocycles. The highest BCUT2D eigenvalue weighted by molar-refractivity contribution is 6.30. The van der Waals surface area contributed by atoms with Crippen molar-refractivity contribution in [2.75, 3.05) is 0 Å². The van der Waals surface area contributed by atoms with Gasteiger partial charge < -0.3 is 4.74 Å². The first-order valence-corrected chi connectivity index (χ1v) is 8.70. The van der Waals surface area contributed by atoms with Gasteiger partial charge in [0.25, 0.3) is 0 Å². The molecule has 0 fully saturated rings. The highest BCUT2D eigenvalue weighted by Gasteiger charge is 2.11. The molecule has 0 unspecified atom stereocenters. The van der Waals surface area contributed by atoms with Gasteiger partial charge in [-0.1, -0.05) is 54.1 Å². The molecule has 0 spiro atoms. The molecule has 0 atom stereocenters. The topological polar surface area (TPSA) is 50.1 Å². The summed E-state index contributed by atoms with van der Waals surface area (Å²) in [7, 11) is 0. The minimum absolute atomic E-state index is 0.412. The van der Waals surface area contributed by atoms with Crippen molar-refractivity contribution in [3.63, 3.8) is 0 Å². The summed E-state index contributed by atoms with van der Waals surface area (Å²) in [6.45, 7) is 1.86. The Bertz CT molecular complexity index is 1060. The van der Waals surface area contributed by atoms with Crippen LogP contribution in [0.4, 0.5) is 0 Å². The first-order chi connectivity index (χ1) is 13.1. The molecule has 0 heterocycles. The molecule has 0 aromatic heterocycles. The summed E-state index contributed by atoms with van der Waals surface area (Å²) in [6.07, 6.45) is 1.73. The first kappa shape index (κ1) is 18.4. The lowest BCUT2D eigenvalue weighted by Gasteiger charge is -2.07. The Morgan fingerprint density at radius 3 is 2.56 bits per heavy atom. The second-order valence-electron chi connectivity index (χ2n) is 5.96. The van der Waals surface area contributed by atoms with Crippen molar-refractivity contribution in [2.45, 2.75) is 6.92 Å². The van der Waals surface area contributed by atoms with Gasteiger partial charge in [0.2, 0.25) is 0 Å². The third-order valence-corrected chi connectivity index (χ3v) is 4.24. The van der Waals surface area contributed by atoms with Gasteiger partial charge in [0.1, 0.15) is 5.75 Å². The zero-order valence-electron chi connectivity index (χ0n) is 14.6. The monoisotopic (exact) mass is 373 g/mol. The van der Waals surface area contributed by atoms with E-state index in [0.29, 0.717) is 21.9 Å². The number of nitrogens with zero attached hydrogens (tertiary/aromatic N) is 1. The van der Waals surface area contributed by atoms with Crippen LogP contribution in [-0.4, -0.2) is 5.97 Å². The van der Waals surface area contributed by atoms with Gasteiger partial charge in [-0.3, -0.25) is 0 Å². The average molecular weight is 374 g/mol. The standard InChI is InChI=1S/C23H16ClNO2/c1-16-6-2-3-11-22(16)23(26)27-21-10-4-7-17(13-21)12-19(15-25)18-8-5-9-20(24)14-18/h2-14H,1H3/b19-12-. The third-order valence-electron chi connectivity index (χ3n) is 4.00. The molecule has 4 heteroatoms. The highest BCUT2D eigenvalue weighted by atomic mass is 35.5. The second-order valence-corrected chi connectivity index (χ2v) is 6.39. The number of halogens is 1. The van der Waals surface area contributed by atoms with Crippen molar-refractivity contribution >= 4 is 29.2 Å². The quantitative estimate of drug-likeness (QED) is 0.246. The number of hydrogen-bond acceptors (Lipinski definition) is 3. The van der Waals surface area contributed by atoms with Crippen LogP contribution >= 0.6 is 11.6 Å². The molecule has 0 amide bonds. The van der Waals surface area contributed by atoms with E-state index in [-0.39, 0.29) is 0 Å². The molecule has 0 aliphatic carbocycles. The molecule has 3 aromatic carbocycles. The predicted molar refractivity (Wildman–Crippen MR) is 108 cm³/mol. The van der Waals surface area contributed by atoms with Crippen molar-refractivity contribution < 1.29 is 9.53 Å². The Balaban J connectivity index is 1.86. The number of nitriles is 1. The maximum atomic E-state index is 12.4. The van der Waals surface area contributed by atoms with E-state index in [1.165, 1.54) is 0 Å². The maximum absolute atomic E-state index is 12.4. The molecule has 0 saturated carbocycles. The molecule has 132 valence electrons. The number of aryl methyl sites for hydroxylation is 1. The van der Waals surface area contributed by atoms with E-state index in [0.717, 1.165) is 16.7 Å². The largest absolute Gasteiger partial charge is 0.423 e. The van der Waals surface area contributed by atoms with Crippen LogP contribution in [0.15, 0.2) is 72.8 Å². The van der Waals surface area contributed by atoms with Crippen molar-refractivity contribution in [1.29, 1.82) is 5.26 Å². The molecule has 27 heavy (non-hydrogen) atoms. The van der Waals surface area contributed by atoms with Crippen LogP contribution in [0.3, 0.4) is 0 Å². The number of benzene rings is 3. The van der Waals surface area contributed by atoms with E-state index in [1.807, 2.05) is 31.2 Å². The molecule has 0 saturated heterocycles. The van der Waals surface area contributed by atoms with Crippen LogP contribution in [-0.2, 0) is 0 Å². The maximum Gasteiger partial charge on any atom is 0.343 e. The van der Waals surface area contributed by atoms with Crippen molar-refractivity contribution in [2.24, 2.45) is 0 Å². The lowest BCUT2D eigenvalue weighted by Crippen LogP contribution is -2.10. The Hall–Kier alpha value is -3.35. The molecule has 3 rings (SSSR count). The molecular formula is C23H16ClNO2. The van der Waals surface area contributed by atoms with Crippen molar-refractivity contribution in [1.82, 2.24) is 0 Å². The molecule has 0 radical (unpaired) electrons. The number of ether oxygens (including phenoxy) is 1. The lowest BCUT2D eigenvalue weighted by molar-refractivity contribution is 0.0734. The number of rotatable bonds is 4. The van der Waals surface area contributed by atoms with Crippen molar-refractivity contribution in [3.8, 4) is 11.8 Å². The molecule has 0 aliphatic rings. The van der Waals surface area contributed by atoms with E-state index >= 15 is 0 Å². The predicted octanol–water partition coefficient (Wildman–Crippen LogP) is 5.93. The lowest BCUT2D eigenvalue weighted by atomic mass is 10.0. The fraction of sp³-hybridized carbons (Fsp3) is 0.0435. The van der Waals surface area contributed by atoms with E-state index in [1.54, 1.807) is 54.6 Å². The SMILES string of the molecule is Cc1ccccc1C(=O)Oc1cccc(/C=C(/C#N)c2cccc(Cl)c2)c1. The Labute approximate surface area is 163 Å². The van der Waals surface area contributed by atoms with Gasteiger partial charge in [-0.15, -0.1) is 0 Å². The number of carbonyl (C=O) groups is 1. The van der Waals surface area contributed by atoms with Gasteiger partial charge in [-0.2, -0.15) is 5.26 Å². The van der Waals surface area contributed by atoms with Gasteiger partial charge in [-0.05, 0) is 60.0 Å². The average Bonchev–Trinajstić information content (AvgIpc) is 2.66. The fourth-order valence-electron chi connectivity index (χ4n) is 2.63. The van der Waals surface area contributed by atoms with Crippen LogP contribution in [0.5, 0.6) is 5.75 Å². The third kappa shape index (κ3) is 4.63. The van der Waals surface area contributed by atoms with Crippen LogP contribution in [0.25, 0.3) is 11.6 Å². The van der Waals surface area contributed by atoms with Gasteiger partial charge in [0, 0.05) is 5.02 Å². The van der Waals surface area contributed by atoms with E-state index in [4.69, 9.17) is 16.3 Å². The molecule has 0 N–H and O–H groups in total. The number of esters is 1. The fourth-order valence-corrected chi connectivity index (χ4v) is 2.82. The number of allylic oxidation sites excluding steroid dienone is 1. The smallest absolute Gasteiger partial charge is 0.343 e. The summed E-state index contributed by atoms with van der Waals surface area (Å²) in [5.41, 5.74) is 3.33. The van der Waals surface area contributed by atoms with E-state index in [9.17, 15) is 10.1 Å². The molecule has 0 bridgehead atoms. The Kier molecular flexibility index (Phi) is 5.71. The first-order valence-electron chi connectivity index (χ1n) is 8.32. The van der Waals surface area contributed by atoms with Crippen LogP contribution < -0.4 is 4.74 Å². The van der Waals surface area contributed by atoms with Crippen LogP contribution in [0.2, 0.25) is 5.02 Å². The minimum atomic E-state index is -0.412. The summed E-state index contributed by atoms with van der Waals surface area (Å²) < 4.78 is 5.49. The molecule has 3 nitrogen and oxygen atoms in total. The van der Waals surface area contributed by atoms with Crippen LogP contribution in [0.1, 0.15) is 27.0 Å². The van der Waals surface area contributed by atoms with Crippen LogP contribution in [0, 0.1) is 18.3 Å². The summed E-state index contributed by atoms with van der Waals surface area (Å²) >= 11 is 6.01. The summed E-state index contributed by atoms with van der Waals surface area (Å²) in [4.78, 5) is 12.4. The summed E-state index contributed by atoms with van der Waals surface area (Å²) in [5.74, 6) is 0.00460. The van der Waals surface area contributed by atoms with Gasteiger partial charge >= 0.3 is 5.97 Å². The van der Waals surface area contributed by atoms with Gasteiger partial charge in [-0.25, -0.2) is 4.79 Å². The van der Waals surface area contributed by atoms with E-state index in [2.05, 4.69) is 6.07 Å². The number of carbonyl (C=O) groups excluding carboxylic acids is 1. The second kappa shape index (κ2) is 8.35. The van der Waals surface area contributed by atoms with Gasteiger partial charge in [0.15, 0.2) is 0 Å². The van der Waals surface area contributed by atoms with Crippen molar-refractivity contribution in [3.05, 3.63) is 100 Å². The Morgan fingerprint density at radius 2 is 1.81 bits per heavy atom. The summed E-state index contributed by atoms with van der Waals surface area (Å²) in [5, 5.41) is 10.0. The summed E-state index contributed by atoms with van der Waals surface area (Å²) in [6, 6.07) is 23.6. The zero-order chi connectivity index (χ0) is 19.2.